The van der Waals surface area contributed by atoms with E-state index >= 15 is 0 Å². The molecule has 0 bridgehead atoms. The lowest BCUT2D eigenvalue weighted by Gasteiger charge is -2.08. The van der Waals surface area contributed by atoms with Gasteiger partial charge in [0, 0.05) is 12.6 Å². The van der Waals surface area contributed by atoms with E-state index in [0.717, 1.165) is 12.8 Å². The minimum absolute atomic E-state index is 0.115. The molecule has 0 saturated heterocycles. The van der Waals surface area contributed by atoms with Crippen LogP contribution in [-0.4, -0.2) is 22.9 Å². The van der Waals surface area contributed by atoms with Crippen molar-refractivity contribution in [3.05, 3.63) is 22.6 Å². The van der Waals surface area contributed by atoms with Gasteiger partial charge >= 0.3 is 0 Å². The lowest BCUT2D eigenvalue weighted by molar-refractivity contribution is 0.308. The molecule has 0 aromatic carbocycles. The van der Waals surface area contributed by atoms with Gasteiger partial charge in [-0.15, -0.1) is 0 Å². The molecule has 5 heteroatoms. The quantitative estimate of drug-likeness (QED) is 0.721. The largest absolute Gasteiger partial charge is 0.492 e. The molecule has 1 aromatic rings. The molecule has 0 saturated carbocycles. The van der Waals surface area contributed by atoms with Gasteiger partial charge in [0.15, 0.2) is 0 Å². The molecule has 96 valence electrons. The van der Waals surface area contributed by atoms with Crippen molar-refractivity contribution in [3.8, 4) is 5.75 Å². The summed E-state index contributed by atoms with van der Waals surface area (Å²) in [6, 6.07) is 1.48. The van der Waals surface area contributed by atoms with Gasteiger partial charge in [-0.2, -0.15) is 5.10 Å². The summed E-state index contributed by atoms with van der Waals surface area (Å²) in [5, 5.41) is 4.08. The highest BCUT2D eigenvalue weighted by Gasteiger charge is 2.02. The molecular weight excluding hydrogens is 218 g/mol. The third kappa shape index (κ3) is 4.99. The van der Waals surface area contributed by atoms with E-state index in [1.54, 1.807) is 6.20 Å². The Kier molecular flexibility index (Phi) is 5.69. The first-order valence-corrected chi connectivity index (χ1v) is 6.03. The van der Waals surface area contributed by atoms with Gasteiger partial charge in [0.2, 0.25) is 0 Å². The maximum atomic E-state index is 11.7. The first kappa shape index (κ1) is 13.7. The highest BCUT2D eigenvalue weighted by Crippen LogP contribution is 2.05. The van der Waals surface area contributed by atoms with Crippen LogP contribution in [0.4, 0.5) is 0 Å². The zero-order chi connectivity index (χ0) is 12.7. The molecule has 0 amide bonds. The van der Waals surface area contributed by atoms with E-state index in [2.05, 4.69) is 18.9 Å². The van der Waals surface area contributed by atoms with Crippen LogP contribution in [0.15, 0.2) is 17.1 Å². The van der Waals surface area contributed by atoms with E-state index in [9.17, 15) is 4.79 Å². The average Bonchev–Trinajstić information content (AvgIpc) is 2.28. The fourth-order valence-electron chi connectivity index (χ4n) is 1.32. The van der Waals surface area contributed by atoms with E-state index in [1.807, 2.05) is 0 Å². The Morgan fingerprint density at radius 3 is 2.88 bits per heavy atom. The second-order valence-electron chi connectivity index (χ2n) is 4.43. The van der Waals surface area contributed by atoms with Crippen LogP contribution in [0.5, 0.6) is 5.75 Å². The molecule has 1 heterocycles. The monoisotopic (exact) mass is 239 g/mol. The van der Waals surface area contributed by atoms with E-state index in [1.165, 1.54) is 10.7 Å². The summed E-state index contributed by atoms with van der Waals surface area (Å²) >= 11 is 0. The molecule has 5 nitrogen and oxygen atoms in total. The maximum Gasteiger partial charge on any atom is 0.270 e. The van der Waals surface area contributed by atoms with Crippen molar-refractivity contribution in [1.29, 1.82) is 0 Å². The predicted octanol–water partition coefficient (Wildman–Crippen LogP) is 1.02. The van der Waals surface area contributed by atoms with E-state index < -0.39 is 0 Å². The Morgan fingerprint density at radius 1 is 1.53 bits per heavy atom. The maximum absolute atomic E-state index is 11.7. The zero-order valence-corrected chi connectivity index (χ0v) is 10.6. The lowest BCUT2D eigenvalue weighted by atomic mass is 10.1. The summed E-state index contributed by atoms with van der Waals surface area (Å²) in [5.41, 5.74) is 5.24. The Hall–Kier alpha value is -1.36. The molecule has 1 aromatic heterocycles. The first-order valence-electron chi connectivity index (χ1n) is 6.03. The van der Waals surface area contributed by atoms with E-state index in [-0.39, 0.29) is 5.56 Å². The van der Waals surface area contributed by atoms with Crippen LogP contribution in [0.3, 0.4) is 0 Å². The fourth-order valence-corrected chi connectivity index (χ4v) is 1.32. The van der Waals surface area contributed by atoms with E-state index in [0.29, 0.717) is 31.4 Å². The zero-order valence-electron chi connectivity index (χ0n) is 10.6. The van der Waals surface area contributed by atoms with E-state index in [4.69, 9.17) is 10.5 Å². The summed E-state index contributed by atoms with van der Waals surface area (Å²) in [7, 11) is 0. The van der Waals surface area contributed by atoms with Crippen molar-refractivity contribution in [1.82, 2.24) is 9.78 Å². The van der Waals surface area contributed by atoms with Gasteiger partial charge in [0.1, 0.15) is 5.75 Å². The minimum atomic E-state index is -0.115. The topological polar surface area (TPSA) is 70.1 Å². The van der Waals surface area contributed by atoms with Crippen LogP contribution < -0.4 is 16.0 Å². The SMILES string of the molecule is CC(C)CCn1ncc(OCCCN)cc1=O. The molecule has 0 radical (unpaired) electrons. The van der Waals surface area contributed by atoms with Crippen molar-refractivity contribution >= 4 is 0 Å². The molecule has 0 aliphatic heterocycles. The molecule has 0 fully saturated rings. The highest BCUT2D eigenvalue weighted by atomic mass is 16.5. The van der Waals surface area contributed by atoms with Crippen molar-refractivity contribution < 1.29 is 4.74 Å². The molecule has 0 atom stereocenters. The highest BCUT2D eigenvalue weighted by molar-refractivity contribution is 5.13. The number of ether oxygens (including phenoxy) is 1. The van der Waals surface area contributed by atoms with Gasteiger partial charge in [0.25, 0.3) is 5.56 Å². The molecule has 0 aliphatic rings. The number of aromatic nitrogens is 2. The van der Waals surface area contributed by atoms with Gasteiger partial charge in [-0.05, 0) is 25.3 Å². The van der Waals surface area contributed by atoms with Gasteiger partial charge < -0.3 is 10.5 Å². The number of hydrogen-bond acceptors (Lipinski definition) is 4. The normalized spacial score (nSPS) is 10.8. The van der Waals surface area contributed by atoms with Crippen LogP contribution in [0.1, 0.15) is 26.7 Å². The molecular formula is C12H21N3O2. The summed E-state index contributed by atoms with van der Waals surface area (Å²) in [6.45, 7) is 6.00. The van der Waals surface area contributed by atoms with Crippen LogP contribution in [0.2, 0.25) is 0 Å². The minimum Gasteiger partial charge on any atom is -0.492 e. The number of rotatable bonds is 7. The van der Waals surface area contributed by atoms with Crippen LogP contribution in [-0.2, 0) is 6.54 Å². The van der Waals surface area contributed by atoms with Crippen molar-refractivity contribution in [2.75, 3.05) is 13.2 Å². The summed E-state index contributed by atoms with van der Waals surface area (Å²) in [4.78, 5) is 11.7. The Morgan fingerprint density at radius 2 is 2.29 bits per heavy atom. The molecule has 0 unspecified atom stereocenters. The Labute approximate surface area is 102 Å². The molecule has 2 N–H and O–H groups in total. The summed E-state index contributed by atoms with van der Waals surface area (Å²) in [6.07, 6.45) is 3.30. The first-order chi connectivity index (χ1) is 8.13. The fraction of sp³-hybridized carbons (Fsp3) is 0.667. The van der Waals surface area contributed by atoms with Crippen molar-refractivity contribution in [2.24, 2.45) is 11.7 Å². The Balaban J connectivity index is 2.56. The number of aryl methyl sites for hydroxylation is 1. The number of nitrogens with zero attached hydrogens (tertiary/aromatic N) is 2. The molecule has 0 aliphatic carbocycles. The van der Waals surface area contributed by atoms with Crippen LogP contribution >= 0.6 is 0 Å². The average molecular weight is 239 g/mol. The van der Waals surface area contributed by atoms with Gasteiger partial charge in [-0.1, -0.05) is 13.8 Å². The van der Waals surface area contributed by atoms with Gasteiger partial charge in [0.05, 0.1) is 12.8 Å². The third-order valence-electron chi connectivity index (χ3n) is 2.38. The molecule has 17 heavy (non-hydrogen) atoms. The summed E-state index contributed by atoms with van der Waals surface area (Å²) < 4.78 is 6.82. The van der Waals surface area contributed by atoms with Gasteiger partial charge in [-0.25, -0.2) is 4.68 Å². The number of nitrogens with two attached hydrogens (primary N) is 1. The number of hydrogen-bond donors (Lipinski definition) is 1. The van der Waals surface area contributed by atoms with Crippen molar-refractivity contribution in [3.63, 3.8) is 0 Å². The van der Waals surface area contributed by atoms with Crippen molar-refractivity contribution in [2.45, 2.75) is 33.2 Å². The van der Waals surface area contributed by atoms with Gasteiger partial charge in [-0.3, -0.25) is 4.79 Å². The lowest BCUT2D eigenvalue weighted by Crippen LogP contribution is -2.23. The standard InChI is InChI=1S/C12H21N3O2/c1-10(2)4-6-15-12(16)8-11(9-14-15)17-7-3-5-13/h8-10H,3-7,13H2,1-2H3. The molecule has 1 rings (SSSR count). The van der Waals surface area contributed by atoms with Crippen LogP contribution in [0.25, 0.3) is 0 Å². The Bertz CT molecular complexity index is 388. The van der Waals surface area contributed by atoms with Crippen LogP contribution in [0, 0.1) is 5.92 Å². The predicted molar refractivity (Wildman–Crippen MR) is 67.1 cm³/mol. The third-order valence-corrected chi connectivity index (χ3v) is 2.38. The molecule has 0 spiro atoms. The second kappa shape index (κ2) is 7.06. The second-order valence-corrected chi connectivity index (χ2v) is 4.43. The summed E-state index contributed by atoms with van der Waals surface area (Å²) in [5.74, 6) is 1.08. The smallest absolute Gasteiger partial charge is 0.270 e.